The summed E-state index contributed by atoms with van der Waals surface area (Å²) in [4.78, 5) is 12.0. The molecule has 2 rings (SSSR count). The first-order valence-electron chi connectivity index (χ1n) is 7.95. The largest absolute Gasteiger partial charge is 0.497 e. The molecule has 4 nitrogen and oxygen atoms in total. The molecule has 0 bridgehead atoms. The third-order valence-corrected chi connectivity index (χ3v) is 4.38. The van der Waals surface area contributed by atoms with Crippen LogP contribution >= 0.6 is 11.8 Å². The van der Waals surface area contributed by atoms with Crippen LogP contribution in [-0.2, 0) is 11.2 Å². The van der Waals surface area contributed by atoms with Crippen molar-refractivity contribution in [2.45, 2.75) is 13.3 Å². The Labute approximate surface area is 147 Å². The Morgan fingerprint density at radius 3 is 2.50 bits per heavy atom. The third kappa shape index (κ3) is 5.81. The number of ether oxygens (including phenoxy) is 2. The van der Waals surface area contributed by atoms with E-state index in [-0.39, 0.29) is 5.91 Å². The number of amides is 1. The monoisotopic (exact) mass is 345 g/mol. The van der Waals surface area contributed by atoms with E-state index in [1.165, 1.54) is 0 Å². The maximum Gasteiger partial charge on any atom is 0.234 e. The maximum atomic E-state index is 12.0. The molecule has 0 spiro atoms. The van der Waals surface area contributed by atoms with Crippen molar-refractivity contribution in [1.29, 1.82) is 0 Å². The molecule has 1 N–H and O–H groups in total. The summed E-state index contributed by atoms with van der Waals surface area (Å²) in [7, 11) is 1.64. The van der Waals surface area contributed by atoms with E-state index >= 15 is 0 Å². The summed E-state index contributed by atoms with van der Waals surface area (Å²) in [6.07, 6.45) is 0.902. The van der Waals surface area contributed by atoms with Crippen LogP contribution in [0.5, 0.6) is 11.5 Å². The zero-order chi connectivity index (χ0) is 17.2. The molecule has 0 atom stereocenters. The topological polar surface area (TPSA) is 47.6 Å². The molecule has 128 valence electrons. The van der Waals surface area contributed by atoms with Gasteiger partial charge in [0.25, 0.3) is 0 Å². The van der Waals surface area contributed by atoms with E-state index in [9.17, 15) is 4.79 Å². The van der Waals surface area contributed by atoms with Crippen molar-refractivity contribution in [3.05, 3.63) is 54.1 Å². The fourth-order valence-electron chi connectivity index (χ4n) is 2.19. The molecule has 5 heteroatoms. The highest BCUT2D eigenvalue weighted by atomic mass is 32.2. The van der Waals surface area contributed by atoms with Gasteiger partial charge in [0.1, 0.15) is 11.5 Å². The smallest absolute Gasteiger partial charge is 0.234 e. The maximum absolute atomic E-state index is 12.0. The molecule has 0 aromatic heterocycles. The zero-order valence-corrected chi connectivity index (χ0v) is 14.9. The Hall–Kier alpha value is -2.14. The van der Waals surface area contributed by atoms with Crippen LogP contribution in [-0.4, -0.2) is 31.1 Å². The fraction of sp³-hybridized carbons (Fsp3) is 0.316. The molecule has 2 aromatic carbocycles. The van der Waals surface area contributed by atoms with Crippen molar-refractivity contribution >= 4 is 23.4 Å². The summed E-state index contributed by atoms with van der Waals surface area (Å²) in [5.74, 6) is 2.81. The summed E-state index contributed by atoms with van der Waals surface area (Å²) in [6, 6.07) is 15.4. The van der Waals surface area contributed by atoms with E-state index in [4.69, 9.17) is 9.47 Å². The van der Waals surface area contributed by atoms with E-state index in [0.717, 1.165) is 34.9 Å². The first-order chi connectivity index (χ1) is 11.7. The standard InChI is InChI=1S/C19H23NO3S/c1-3-15-6-4-5-7-18(15)20-19(21)14-24-13-12-23-17-10-8-16(22-2)9-11-17/h4-11H,3,12-14H2,1-2H3,(H,20,21). The fourth-order valence-corrected chi connectivity index (χ4v) is 2.80. The summed E-state index contributed by atoms with van der Waals surface area (Å²) >= 11 is 1.56. The molecule has 0 fully saturated rings. The molecule has 1 amide bonds. The molecular formula is C19H23NO3S. The minimum Gasteiger partial charge on any atom is -0.497 e. The number of methoxy groups -OCH3 is 1. The summed E-state index contributed by atoms with van der Waals surface area (Å²) in [6.45, 7) is 2.64. The van der Waals surface area contributed by atoms with Gasteiger partial charge in [0.05, 0.1) is 19.5 Å². The number of rotatable bonds is 9. The lowest BCUT2D eigenvalue weighted by atomic mass is 10.1. The molecule has 0 radical (unpaired) electrons. The van der Waals surface area contributed by atoms with Gasteiger partial charge in [-0.05, 0) is 42.3 Å². The first-order valence-corrected chi connectivity index (χ1v) is 9.10. The number of hydrogen-bond acceptors (Lipinski definition) is 4. The second kappa shape index (κ2) is 9.88. The molecule has 0 aliphatic rings. The van der Waals surface area contributed by atoms with Crippen LogP contribution in [0.25, 0.3) is 0 Å². The van der Waals surface area contributed by atoms with E-state index < -0.39 is 0 Å². The average molecular weight is 345 g/mol. The predicted octanol–water partition coefficient (Wildman–Crippen LogP) is 4.01. The van der Waals surface area contributed by atoms with Gasteiger partial charge in [-0.3, -0.25) is 4.79 Å². The van der Waals surface area contributed by atoms with Crippen molar-refractivity contribution in [1.82, 2.24) is 0 Å². The van der Waals surface area contributed by atoms with Gasteiger partial charge in [0, 0.05) is 11.4 Å². The minimum atomic E-state index is 0.0188. The Morgan fingerprint density at radius 2 is 1.79 bits per heavy atom. The van der Waals surface area contributed by atoms with Gasteiger partial charge in [-0.25, -0.2) is 0 Å². The van der Waals surface area contributed by atoms with Crippen LogP contribution in [0.15, 0.2) is 48.5 Å². The lowest BCUT2D eigenvalue weighted by molar-refractivity contribution is -0.113. The summed E-state index contributed by atoms with van der Waals surface area (Å²) < 4.78 is 10.7. The number of anilines is 1. The van der Waals surface area contributed by atoms with Crippen LogP contribution in [0.1, 0.15) is 12.5 Å². The van der Waals surface area contributed by atoms with Gasteiger partial charge in [0.15, 0.2) is 0 Å². The van der Waals surface area contributed by atoms with Gasteiger partial charge >= 0.3 is 0 Å². The van der Waals surface area contributed by atoms with Crippen molar-refractivity contribution in [2.75, 3.05) is 30.5 Å². The SMILES string of the molecule is CCc1ccccc1NC(=O)CSCCOc1ccc(OC)cc1. The highest BCUT2D eigenvalue weighted by Crippen LogP contribution is 2.18. The van der Waals surface area contributed by atoms with Crippen LogP contribution in [0.2, 0.25) is 0 Å². The first kappa shape index (κ1) is 18.2. The second-order valence-electron chi connectivity index (χ2n) is 5.14. The minimum absolute atomic E-state index is 0.0188. The summed E-state index contributed by atoms with van der Waals surface area (Å²) in [5, 5.41) is 2.97. The number of para-hydroxylation sites is 1. The quantitative estimate of drug-likeness (QED) is 0.698. The van der Waals surface area contributed by atoms with E-state index in [1.54, 1.807) is 18.9 Å². The number of aryl methyl sites for hydroxylation is 1. The van der Waals surface area contributed by atoms with Crippen LogP contribution in [0.4, 0.5) is 5.69 Å². The molecule has 0 saturated carbocycles. The van der Waals surface area contributed by atoms with Crippen molar-refractivity contribution < 1.29 is 14.3 Å². The molecule has 24 heavy (non-hydrogen) atoms. The van der Waals surface area contributed by atoms with Crippen LogP contribution in [0, 0.1) is 0 Å². The average Bonchev–Trinajstić information content (AvgIpc) is 2.62. The van der Waals surface area contributed by atoms with E-state index in [2.05, 4.69) is 12.2 Å². The lowest BCUT2D eigenvalue weighted by Crippen LogP contribution is -2.16. The van der Waals surface area contributed by atoms with Gasteiger partial charge < -0.3 is 14.8 Å². The third-order valence-electron chi connectivity index (χ3n) is 3.46. The van der Waals surface area contributed by atoms with Gasteiger partial charge in [-0.1, -0.05) is 25.1 Å². The van der Waals surface area contributed by atoms with E-state index in [0.29, 0.717) is 12.4 Å². The molecule has 0 saturated heterocycles. The van der Waals surface area contributed by atoms with Gasteiger partial charge in [0.2, 0.25) is 5.91 Å². The Bertz CT molecular complexity index is 643. The number of benzene rings is 2. The molecule has 0 unspecified atom stereocenters. The molecule has 2 aromatic rings. The highest BCUT2D eigenvalue weighted by Gasteiger charge is 2.05. The Kier molecular flexibility index (Phi) is 7.49. The zero-order valence-electron chi connectivity index (χ0n) is 14.1. The number of carbonyl (C=O) groups is 1. The highest BCUT2D eigenvalue weighted by molar-refractivity contribution is 7.99. The van der Waals surface area contributed by atoms with Crippen molar-refractivity contribution in [3.63, 3.8) is 0 Å². The van der Waals surface area contributed by atoms with Crippen molar-refractivity contribution in [3.8, 4) is 11.5 Å². The number of hydrogen-bond donors (Lipinski definition) is 1. The van der Waals surface area contributed by atoms with Crippen LogP contribution < -0.4 is 14.8 Å². The number of carbonyl (C=O) groups excluding carboxylic acids is 1. The molecule has 0 heterocycles. The Balaban J connectivity index is 1.65. The predicted molar refractivity (Wildman–Crippen MR) is 100 cm³/mol. The van der Waals surface area contributed by atoms with Gasteiger partial charge in [-0.2, -0.15) is 0 Å². The molecular weight excluding hydrogens is 322 g/mol. The van der Waals surface area contributed by atoms with E-state index in [1.807, 2.05) is 48.5 Å². The normalized spacial score (nSPS) is 10.2. The molecule has 0 aliphatic carbocycles. The lowest BCUT2D eigenvalue weighted by Gasteiger charge is -2.10. The van der Waals surface area contributed by atoms with Gasteiger partial charge in [-0.15, -0.1) is 11.8 Å². The molecule has 0 aliphatic heterocycles. The van der Waals surface area contributed by atoms with Crippen LogP contribution in [0.3, 0.4) is 0 Å². The van der Waals surface area contributed by atoms with Crippen molar-refractivity contribution in [2.24, 2.45) is 0 Å². The second-order valence-corrected chi connectivity index (χ2v) is 6.24. The Morgan fingerprint density at radius 1 is 1.08 bits per heavy atom. The summed E-state index contributed by atoms with van der Waals surface area (Å²) in [5.41, 5.74) is 2.05. The number of nitrogens with one attached hydrogen (secondary N) is 1. The number of thioether (sulfide) groups is 1.